The number of halogens is 1. The average molecular weight is 489 g/mol. The number of ether oxygens (including phenoxy) is 2. The number of thiazole rings is 1. The van der Waals surface area contributed by atoms with Crippen LogP contribution >= 0.6 is 11.3 Å². The van der Waals surface area contributed by atoms with Gasteiger partial charge in [-0.3, -0.25) is 14.7 Å². The number of methoxy groups -OCH3 is 1. The van der Waals surface area contributed by atoms with Crippen LogP contribution in [-0.4, -0.2) is 72.2 Å². The highest BCUT2D eigenvalue weighted by molar-refractivity contribution is 7.11. The van der Waals surface area contributed by atoms with Crippen LogP contribution in [0, 0.1) is 5.82 Å². The van der Waals surface area contributed by atoms with E-state index in [9.17, 15) is 14.0 Å². The summed E-state index contributed by atoms with van der Waals surface area (Å²) in [7, 11) is 1.28. The van der Waals surface area contributed by atoms with Gasteiger partial charge in [0.2, 0.25) is 0 Å². The third-order valence-corrected chi connectivity index (χ3v) is 6.43. The lowest BCUT2D eigenvalue weighted by molar-refractivity contribution is -0.138. The largest absolute Gasteiger partial charge is 0.481 e. The molecule has 2 aliphatic heterocycles. The second-order valence-corrected chi connectivity index (χ2v) is 8.80. The van der Waals surface area contributed by atoms with E-state index < -0.39 is 23.8 Å². The third-order valence-electron chi connectivity index (χ3n) is 5.65. The van der Waals surface area contributed by atoms with Crippen LogP contribution < -0.4 is 5.32 Å². The van der Waals surface area contributed by atoms with Gasteiger partial charge in [0.15, 0.2) is 10.8 Å². The van der Waals surface area contributed by atoms with Crippen molar-refractivity contribution in [1.29, 1.82) is 0 Å². The zero-order valence-electron chi connectivity index (χ0n) is 18.6. The molecule has 0 saturated carbocycles. The number of hydrogen-bond acceptors (Lipinski definition) is 9. The molecule has 2 atom stereocenters. The van der Waals surface area contributed by atoms with E-state index in [4.69, 9.17) is 14.6 Å². The van der Waals surface area contributed by atoms with Crippen LogP contribution in [0.1, 0.15) is 29.5 Å². The number of hydrogen-bond donors (Lipinski definition) is 2. The van der Waals surface area contributed by atoms with Crippen molar-refractivity contribution >= 4 is 29.1 Å². The van der Waals surface area contributed by atoms with Gasteiger partial charge in [0.05, 0.1) is 25.4 Å². The van der Waals surface area contributed by atoms with E-state index in [-0.39, 0.29) is 23.7 Å². The van der Waals surface area contributed by atoms with E-state index in [0.717, 1.165) is 0 Å². The number of rotatable bonds is 8. The maximum atomic E-state index is 14.8. The lowest BCUT2D eigenvalue weighted by Crippen LogP contribution is -2.46. The lowest BCUT2D eigenvalue weighted by atomic mass is 9.94. The molecule has 0 spiro atoms. The smallest absolute Gasteiger partial charge is 0.338 e. The number of esters is 1. The first kappa shape index (κ1) is 24.0. The first-order valence-electron chi connectivity index (χ1n) is 10.8. The maximum Gasteiger partial charge on any atom is 0.338 e. The summed E-state index contributed by atoms with van der Waals surface area (Å²) in [5, 5.41) is 14.6. The Balaban J connectivity index is 1.69. The number of carboxylic acids is 1. The van der Waals surface area contributed by atoms with Gasteiger partial charge in [-0.2, -0.15) is 0 Å². The minimum atomic E-state index is -0.910. The molecule has 1 fully saturated rings. The number of aliphatic carboxylic acids is 1. The summed E-state index contributed by atoms with van der Waals surface area (Å²) in [6.07, 6.45) is 1.83. The lowest BCUT2D eigenvalue weighted by Gasteiger charge is -2.35. The summed E-state index contributed by atoms with van der Waals surface area (Å²) < 4.78 is 25.6. The average Bonchev–Trinajstić information content (AvgIpc) is 3.37. The van der Waals surface area contributed by atoms with Crippen LogP contribution in [0.25, 0.3) is 0 Å². The monoisotopic (exact) mass is 488 g/mol. The fourth-order valence-electron chi connectivity index (χ4n) is 4.05. The van der Waals surface area contributed by atoms with E-state index in [1.807, 2.05) is 5.38 Å². The van der Waals surface area contributed by atoms with Gasteiger partial charge in [-0.15, -0.1) is 11.3 Å². The molecule has 2 N–H and O–H groups in total. The minimum Gasteiger partial charge on any atom is -0.481 e. The molecule has 2 aromatic rings. The number of aromatic nitrogens is 1. The standard InChI is InChI=1S/C23H25FN4O5S/c1-32-23(31)19-17(13-28-9-10-33-14(12-28)6-7-18(29)30)26-21(22-25-8-11-34-22)27-20(19)15-4-2-3-5-16(15)24/h2-5,8,11,14,20H,6-7,9-10,12-13H2,1H3,(H,26,27)(H,29,30)/t14-,20+/m1/s1. The molecule has 3 heterocycles. The normalized spacial score (nSPS) is 21.1. The fourth-order valence-corrected chi connectivity index (χ4v) is 4.64. The molecule has 0 amide bonds. The second kappa shape index (κ2) is 10.9. The second-order valence-electron chi connectivity index (χ2n) is 7.91. The number of morpholine rings is 1. The van der Waals surface area contributed by atoms with E-state index in [2.05, 4.69) is 20.2 Å². The van der Waals surface area contributed by atoms with E-state index in [1.165, 1.54) is 24.5 Å². The van der Waals surface area contributed by atoms with Crippen molar-refractivity contribution in [1.82, 2.24) is 15.2 Å². The van der Waals surface area contributed by atoms with Crippen molar-refractivity contribution in [3.8, 4) is 0 Å². The van der Waals surface area contributed by atoms with Crippen LogP contribution in [0.5, 0.6) is 0 Å². The summed E-state index contributed by atoms with van der Waals surface area (Å²) in [6, 6.07) is 5.31. The van der Waals surface area contributed by atoms with Crippen molar-refractivity contribution in [3.05, 3.63) is 63.5 Å². The number of benzene rings is 1. The number of nitrogens with one attached hydrogen (secondary N) is 1. The van der Waals surface area contributed by atoms with Gasteiger partial charge >= 0.3 is 11.9 Å². The van der Waals surface area contributed by atoms with Gasteiger partial charge in [-0.1, -0.05) is 18.2 Å². The molecule has 1 aromatic carbocycles. The highest BCUT2D eigenvalue weighted by atomic mass is 32.1. The molecule has 0 unspecified atom stereocenters. The Morgan fingerprint density at radius 3 is 2.91 bits per heavy atom. The van der Waals surface area contributed by atoms with E-state index in [1.54, 1.807) is 24.4 Å². The molecule has 0 bridgehead atoms. The molecule has 180 valence electrons. The van der Waals surface area contributed by atoms with Gasteiger partial charge in [-0.05, 0) is 12.5 Å². The summed E-state index contributed by atoms with van der Waals surface area (Å²) in [6.45, 7) is 1.86. The minimum absolute atomic E-state index is 0.0169. The van der Waals surface area contributed by atoms with Crippen LogP contribution in [-0.2, 0) is 19.1 Å². The van der Waals surface area contributed by atoms with Gasteiger partial charge < -0.3 is 19.9 Å². The van der Waals surface area contributed by atoms with Crippen molar-refractivity contribution in [2.24, 2.45) is 4.99 Å². The van der Waals surface area contributed by atoms with E-state index in [0.29, 0.717) is 49.2 Å². The highest BCUT2D eigenvalue weighted by Crippen LogP contribution is 2.34. The summed E-state index contributed by atoms with van der Waals surface area (Å²) in [4.78, 5) is 34.9. The molecule has 2 aliphatic rings. The maximum absolute atomic E-state index is 14.8. The molecule has 11 heteroatoms. The molecule has 34 heavy (non-hydrogen) atoms. The molecule has 9 nitrogen and oxygen atoms in total. The Hall–Kier alpha value is -3.15. The summed E-state index contributed by atoms with van der Waals surface area (Å²) in [5.41, 5.74) is 1.03. The van der Waals surface area contributed by atoms with Crippen LogP contribution in [0.2, 0.25) is 0 Å². The van der Waals surface area contributed by atoms with Gasteiger partial charge in [-0.25, -0.2) is 14.2 Å². The highest BCUT2D eigenvalue weighted by Gasteiger charge is 2.35. The van der Waals surface area contributed by atoms with E-state index >= 15 is 0 Å². The molecule has 1 saturated heterocycles. The quantitative estimate of drug-likeness (QED) is 0.545. The fraction of sp³-hybridized carbons (Fsp3) is 0.391. The van der Waals surface area contributed by atoms with Gasteiger partial charge in [0, 0.05) is 48.9 Å². The number of aliphatic imine (C=N–C) groups is 1. The Labute approximate surface area is 199 Å². The van der Waals surface area contributed by atoms with Gasteiger partial charge in [0.1, 0.15) is 11.9 Å². The first-order valence-corrected chi connectivity index (χ1v) is 11.7. The summed E-state index contributed by atoms with van der Waals surface area (Å²) in [5.74, 6) is -1.50. The molecular formula is C23H25FN4O5S. The Kier molecular flexibility index (Phi) is 7.66. The van der Waals surface area contributed by atoms with Crippen LogP contribution in [0.3, 0.4) is 0 Å². The molecule has 4 rings (SSSR count). The number of nitrogens with zero attached hydrogens (tertiary/aromatic N) is 3. The van der Waals surface area contributed by atoms with Crippen molar-refractivity contribution in [2.75, 3.05) is 33.4 Å². The number of carboxylic acid groups (broad SMARTS) is 1. The Bertz CT molecular complexity index is 1100. The topological polar surface area (TPSA) is 113 Å². The zero-order valence-corrected chi connectivity index (χ0v) is 19.4. The zero-order chi connectivity index (χ0) is 24.1. The number of carbonyl (C=O) groups excluding carboxylic acids is 1. The molecule has 0 radical (unpaired) electrons. The first-order chi connectivity index (χ1) is 16.5. The molecule has 1 aromatic heterocycles. The third kappa shape index (κ3) is 5.49. The van der Waals surface area contributed by atoms with Crippen molar-refractivity contribution in [3.63, 3.8) is 0 Å². The van der Waals surface area contributed by atoms with Crippen LogP contribution in [0.15, 0.2) is 52.1 Å². The van der Waals surface area contributed by atoms with Crippen molar-refractivity contribution in [2.45, 2.75) is 25.0 Å². The molecule has 0 aliphatic carbocycles. The predicted octanol–water partition coefficient (Wildman–Crippen LogP) is 2.37. The SMILES string of the molecule is COC(=O)C1=C(CN2CCO[C@H](CCC(=O)O)C2)NC(c2nccs2)=N[C@H]1c1ccccc1F. The van der Waals surface area contributed by atoms with Crippen LogP contribution in [0.4, 0.5) is 4.39 Å². The number of amidine groups is 1. The van der Waals surface area contributed by atoms with Gasteiger partial charge in [0.25, 0.3) is 0 Å². The molecular weight excluding hydrogens is 463 g/mol. The van der Waals surface area contributed by atoms with Crippen molar-refractivity contribution < 1.29 is 28.6 Å². The Morgan fingerprint density at radius 1 is 1.38 bits per heavy atom. The Morgan fingerprint density at radius 2 is 2.21 bits per heavy atom. The number of carbonyl (C=O) groups is 2. The summed E-state index contributed by atoms with van der Waals surface area (Å²) >= 11 is 1.38. The predicted molar refractivity (Wildman–Crippen MR) is 123 cm³/mol.